The van der Waals surface area contributed by atoms with E-state index in [0.717, 1.165) is 0 Å². The average Bonchev–Trinajstić information content (AvgIpc) is 2.59. The Kier molecular flexibility index (Phi) is 6.31. The molecule has 7 heteroatoms. The summed E-state index contributed by atoms with van der Waals surface area (Å²) in [6.07, 6.45) is -0.0124. The first-order chi connectivity index (χ1) is 11.5. The molecule has 1 aromatic carbocycles. The van der Waals surface area contributed by atoms with E-state index in [9.17, 15) is 14.4 Å². The van der Waals surface area contributed by atoms with Crippen LogP contribution in [0.4, 0.5) is 0 Å². The number of rotatable bonds is 7. The summed E-state index contributed by atoms with van der Waals surface area (Å²) < 4.78 is 10.3. The maximum Gasteiger partial charge on any atom is 0.305 e. The molecule has 1 amide bonds. The number of methoxy groups -OCH3 is 1. The molecule has 1 unspecified atom stereocenters. The van der Waals surface area contributed by atoms with E-state index in [1.54, 1.807) is 31.4 Å². The Morgan fingerprint density at radius 3 is 2.58 bits per heavy atom. The molecule has 1 heterocycles. The van der Waals surface area contributed by atoms with E-state index >= 15 is 0 Å². The number of carbonyl (C=O) groups is 3. The zero-order chi connectivity index (χ0) is 17.5. The predicted octanol–water partition coefficient (Wildman–Crippen LogP) is 1.36. The van der Waals surface area contributed by atoms with Gasteiger partial charge in [-0.15, -0.1) is 0 Å². The number of benzene rings is 1. The molecule has 0 aliphatic carbocycles. The molecule has 0 spiro atoms. The summed E-state index contributed by atoms with van der Waals surface area (Å²) in [5.41, 5.74) is 0.521. The fraction of sp³-hybridized carbons (Fsp3) is 0.471. The smallest absolute Gasteiger partial charge is 0.305 e. The molecule has 1 fully saturated rings. The van der Waals surface area contributed by atoms with Crippen LogP contribution in [0.3, 0.4) is 0 Å². The Hall–Kier alpha value is -2.41. The summed E-state index contributed by atoms with van der Waals surface area (Å²) >= 11 is 0. The monoisotopic (exact) mass is 335 g/mol. The Bertz CT molecular complexity index is 598. The molecule has 2 rings (SSSR count). The summed E-state index contributed by atoms with van der Waals surface area (Å²) in [5.74, 6) is -0.662. The maximum absolute atomic E-state index is 12.3. The van der Waals surface area contributed by atoms with Crippen LogP contribution < -0.4 is 4.74 Å². The van der Waals surface area contributed by atoms with Crippen LogP contribution >= 0.6 is 0 Å². The number of Topliss-reactive ketones (excluding diaryl/α,β-unsaturated/α-hetero) is 1. The minimum Gasteiger partial charge on any atom is -0.497 e. The molecule has 1 N–H and O–H groups in total. The average molecular weight is 335 g/mol. The maximum atomic E-state index is 12.3. The molecule has 24 heavy (non-hydrogen) atoms. The Morgan fingerprint density at radius 1 is 1.25 bits per heavy atom. The lowest BCUT2D eigenvalue weighted by Gasteiger charge is -2.34. The van der Waals surface area contributed by atoms with E-state index in [4.69, 9.17) is 14.6 Å². The van der Waals surface area contributed by atoms with E-state index in [2.05, 4.69) is 0 Å². The molecule has 1 saturated heterocycles. The fourth-order valence-electron chi connectivity index (χ4n) is 2.64. The van der Waals surface area contributed by atoms with Gasteiger partial charge in [0, 0.05) is 24.9 Å². The minimum absolute atomic E-state index is 0.0565. The number of hydrogen-bond acceptors (Lipinski definition) is 5. The van der Waals surface area contributed by atoms with Crippen LogP contribution in [0, 0.1) is 0 Å². The van der Waals surface area contributed by atoms with Gasteiger partial charge in [0.05, 0.1) is 32.8 Å². The van der Waals surface area contributed by atoms with Crippen molar-refractivity contribution in [3.8, 4) is 5.75 Å². The van der Waals surface area contributed by atoms with Crippen molar-refractivity contribution in [3.63, 3.8) is 0 Å². The number of amides is 1. The van der Waals surface area contributed by atoms with Crippen molar-refractivity contribution >= 4 is 17.7 Å². The second kappa shape index (κ2) is 8.44. The number of aliphatic carboxylic acids is 1. The zero-order valence-corrected chi connectivity index (χ0v) is 13.6. The van der Waals surface area contributed by atoms with Gasteiger partial charge < -0.3 is 19.5 Å². The second-order valence-electron chi connectivity index (χ2n) is 5.57. The first-order valence-corrected chi connectivity index (χ1v) is 7.77. The van der Waals surface area contributed by atoms with E-state index in [-0.39, 0.29) is 37.6 Å². The fourth-order valence-corrected chi connectivity index (χ4v) is 2.64. The van der Waals surface area contributed by atoms with Gasteiger partial charge in [0.25, 0.3) is 0 Å². The number of nitrogens with zero attached hydrogens (tertiary/aromatic N) is 1. The number of carboxylic acid groups (broad SMARTS) is 1. The van der Waals surface area contributed by atoms with Gasteiger partial charge in [-0.2, -0.15) is 0 Å². The van der Waals surface area contributed by atoms with Crippen molar-refractivity contribution in [1.29, 1.82) is 0 Å². The standard InChI is InChI=1S/C17H21NO6/c1-23-14-4-2-12(3-5-14)15(19)6-7-16(20)18-8-9-24-11-13(18)10-17(21)22/h2-5,13H,6-11H2,1H3,(H,21,22). The van der Waals surface area contributed by atoms with E-state index in [1.807, 2.05) is 0 Å². The van der Waals surface area contributed by atoms with Crippen LogP contribution in [0.15, 0.2) is 24.3 Å². The van der Waals surface area contributed by atoms with Gasteiger partial charge in [-0.25, -0.2) is 0 Å². The van der Waals surface area contributed by atoms with Crippen LogP contribution in [-0.4, -0.2) is 60.6 Å². The van der Waals surface area contributed by atoms with Crippen LogP contribution in [0.5, 0.6) is 5.75 Å². The van der Waals surface area contributed by atoms with Gasteiger partial charge in [-0.1, -0.05) is 0 Å². The normalized spacial score (nSPS) is 17.4. The second-order valence-corrected chi connectivity index (χ2v) is 5.57. The Morgan fingerprint density at radius 2 is 1.96 bits per heavy atom. The first-order valence-electron chi connectivity index (χ1n) is 7.77. The van der Waals surface area contributed by atoms with Gasteiger partial charge in [-0.05, 0) is 24.3 Å². The third-order valence-electron chi connectivity index (χ3n) is 3.94. The lowest BCUT2D eigenvalue weighted by molar-refractivity contribution is -0.146. The van der Waals surface area contributed by atoms with Crippen molar-refractivity contribution < 1.29 is 29.0 Å². The molecule has 1 aromatic rings. The summed E-state index contributed by atoms with van der Waals surface area (Å²) in [4.78, 5) is 36.9. The number of carbonyl (C=O) groups excluding carboxylic acids is 2. The molecule has 0 radical (unpaired) electrons. The van der Waals surface area contributed by atoms with Gasteiger partial charge in [0.15, 0.2) is 5.78 Å². The van der Waals surface area contributed by atoms with Gasteiger partial charge in [0.2, 0.25) is 5.91 Å². The van der Waals surface area contributed by atoms with Crippen molar-refractivity contribution in [2.75, 3.05) is 26.9 Å². The van der Waals surface area contributed by atoms with Gasteiger partial charge in [-0.3, -0.25) is 14.4 Å². The predicted molar refractivity (Wildman–Crippen MR) is 85.1 cm³/mol. The molecule has 0 aromatic heterocycles. The van der Waals surface area contributed by atoms with Crippen LogP contribution in [-0.2, 0) is 14.3 Å². The van der Waals surface area contributed by atoms with Gasteiger partial charge >= 0.3 is 5.97 Å². The number of carboxylic acids is 1. The van der Waals surface area contributed by atoms with Crippen molar-refractivity contribution in [1.82, 2.24) is 4.90 Å². The lowest BCUT2D eigenvalue weighted by Crippen LogP contribution is -2.49. The molecule has 0 saturated carbocycles. The summed E-state index contributed by atoms with van der Waals surface area (Å²) in [6.45, 7) is 0.951. The van der Waals surface area contributed by atoms with E-state index < -0.39 is 12.0 Å². The topological polar surface area (TPSA) is 93.1 Å². The Balaban J connectivity index is 1.90. The highest BCUT2D eigenvalue weighted by atomic mass is 16.5. The highest BCUT2D eigenvalue weighted by molar-refractivity contribution is 5.98. The molecule has 130 valence electrons. The highest BCUT2D eigenvalue weighted by Gasteiger charge is 2.29. The summed E-state index contributed by atoms with van der Waals surface area (Å²) in [5, 5.41) is 8.92. The van der Waals surface area contributed by atoms with E-state index in [0.29, 0.717) is 24.5 Å². The summed E-state index contributed by atoms with van der Waals surface area (Å²) in [6, 6.07) is 6.24. The largest absolute Gasteiger partial charge is 0.497 e. The third-order valence-corrected chi connectivity index (χ3v) is 3.94. The molecule has 1 aliphatic heterocycles. The Labute approximate surface area is 140 Å². The molecular weight excluding hydrogens is 314 g/mol. The SMILES string of the molecule is COc1ccc(C(=O)CCC(=O)N2CCOCC2CC(=O)O)cc1. The van der Waals surface area contributed by atoms with Crippen molar-refractivity contribution in [2.45, 2.75) is 25.3 Å². The van der Waals surface area contributed by atoms with Crippen LogP contribution in [0.2, 0.25) is 0 Å². The summed E-state index contributed by atoms with van der Waals surface area (Å²) in [7, 11) is 1.55. The van der Waals surface area contributed by atoms with Crippen LogP contribution in [0.25, 0.3) is 0 Å². The first kappa shape index (κ1) is 17.9. The van der Waals surface area contributed by atoms with Crippen LogP contribution in [0.1, 0.15) is 29.6 Å². The molecule has 0 bridgehead atoms. The van der Waals surface area contributed by atoms with Crippen molar-refractivity contribution in [3.05, 3.63) is 29.8 Å². The number of ether oxygens (including phenoxy) is 2. The number of morpholine rings is 1. The third kappa shape index (κ3) is 4.79. The molecule has 1 aliphatic rings. The molecule has 1 atom stereocenters. The quantitative estimate of drug-likeness (QED) is 0.756. The molecule has 7 nitrogen and oxygen atoms in total. The van der Waals surface area contributed by atoms with Gasteiger partial charge in [0.1, 0.15) is 5.75 Å². The molecular formula is C17H21NO6. The lowest BCUT2D eigenvalue weighted by atomic mass is 10.0. The number of ketones is 1. The van der Waals surface area contributed by atoms with E-state index in [1.165, 1.54) is 4.90 Å². The minimum atomic E-state index is -0.974. The highest BCUT2D eigenvalue weighted by Crippen LogP contribution is 2.16. The van der Waals surface area contributed by atoms with Crippen molar-refractivity contribution in [2.24, 2.45) is 0 Å². The zero-order valence-electron chi connectivity index (χ0n) is 13.6. The number of hydrogen-bond donors (Lipinski definition) is 1.